The number of nitrogens with one attached hydrogen (secondary N) is 1. The lowest BCUT2D eigenvalue weighted by Crippen LogP contribution is -2.17. The molecule has 1 N–H and O–H groups in total. The lowest BCUT2D eigenvalue weighted by molar-refractivity contribution is 0.102. The summed E-state index contributed by atoms with van der Waals surface area (Å²) in [5.74, 6) is 0.403. The number of amides is 1. The van der Waals surface area contributed by atoms with Crippen molar-refractivity contribution in [1.82, 2.24) is 10.2 Å². The van der Waals surface area contributed by atoms with Gasteiger partial charge < -0.3 is 10.2 Å². The average molecular weight is 332 g/mol. The summed E-state index contributed by atoms with van der Waals surface area (Å²) < 4.78 is 0. The second kappa shape index (κ2) is 7.13. The summed E-state index contributed by atoms with van der Waals surface area (Å²) >= 11 is 0. The first-order valence-electron chi connectivity index (χ1n) is 8.05. The Balaban J connectivity index is 1.74. The van der Waals surface area contributed by atoms with E-state index in [2.05, 4.69) is 21.6 Å². The summed E-state index contributed by atoms with van der Waals surface area (Å²) in [5.41, 5.74) is 4.24. The molecule has 0 aliphatic carbocycles. The van der Waals surface area contributed by atoms with Crippen LogP contribution in [0.15, 0.2) is 60.7 Å². The first kappa shape index (κ1) is 16.6. The van der Waals surface area contributed by atoms with Crippen molar-refractivity contribution in [3.63, 3.8) is 0 Å². The van der Waals surface area contributed by atoms with Crippen LogP contribution < -0.4 is 10.2 Å². The molecule has 0 unspecified atom stereocenters. The van der Waals surface area contributed by atoms with E-state index in [1.165, 1.54) is 0 Å². The van der Waals surface area contributed by atoms with E-state index in [0.29, 0.717) is 5.82 Å². The zero-order valence-electron chi connectivity index (χ0n) is 14.5. The minimum atomic E-state index is -0.272. The molecule has 0 aliphatic heterocycles. The predicted octanol–water partition coefficient (Wildman–Crippen LogP) is 4.11. The molecule has 0 fully saturated rings. The summed E-state index contributed by atoms with van der Waals surface area (Å²) in [5, 5.41) is 11.1. The highest BCUT2D eigenvalue weighted by Gasteiger charge is 2.11. The van der Waals surface area contributed by atoms with Gasteiger partial charge in [0.05, 0.1) is 0 Å². The summed E-state index contributed by atoms with van der Waals surface area (Å²) in [6.45, 7) is 3.99. The second-order valence-electron chi connectivity index (χ2n) is 6.00. The number of hydrogen-bond acceptors (Lipinski definition) is 4. The highest BCUT2D eigenvalue weighted by Crippen LogP contribution is 2.20. The van der Waals surface area contributed by atoms with E-state index in [0.717, 1.165) is 22.5 Å². The van der Waals surface area contributed by atoms with Crippen LogP contribution in [0, 0.1) is 13.8 Å². The molecule has 5 nitrogen and oxygen atoms in total. The molecule has 126 valence electrons. The normalized spacial score (nSPS) is 10.4. The number of aromatic nitrogens is 2. The molecule has 0 spiro atoms. The lowest BCUT2D eigenvalue weighted by Gasteiger charge is -2.17. The van der Waals surface area contributed by atoms with Gasteiger partial charge in [0.2, 0.25) is 0 Å². The average Bonchev–Trinajstić information content (AvgIpc) is 2.61. The first-order valence-corrected chi connectivity index (χ1v) is 8.05. The van der Waals surface area contributed by atoms with Gasteiger partial charge in [-0.1, -0.05) is 24.3 Å². The zero-order valence-corrected chi connectivity index (χ0v) is 14.5. The van der Waals surface area contributed by atoms with Gasteiger partial charge in [-0.2, -0.15) is 0 Å². The summed E-state index contributed by atoms with van der Waals surface area (Å²) in [7, 11) is 1.91. The molecule has 0 bridgehead atoms. The van der Waals surface area contributed by atoms with Crippen LogP contribution in [-0.2, 0) is 0 Å². The maximum Gasteiger partial charge on any atom is 0.276 e. The van der Waals surface area contributed by atoms with Crippen molar-refractivity contribution in [2.75, 3.05) is 17.3 Å². The molecule has 25 heavy (non-hydrogen) atoms. The molecule has 5 heteroatoms. The fourth-order valence-corrected chi connectivity index (χ4v) is 2.65. The second-order valence-corrected chi connectivity index (χ2v) is 6.00. The molecule has 1 amide bonds. The SMILES string of the molecule is Cc1cc(C)cc(NC(=O)c2ccc(N(C)c3ccccc3)nn2)c1. The zero-order chi connectivity index (χ0) is 17.8. The van der Waals surface area contributed by atoms with E-state index in [4.69, 9.17) is 0 Å². The number of anilines is 3. The molecule has 0 saturated carbocycles. The standard InChI is InChI=1S/C20H20N4O/c1-14-11-15(2)13-16(12-14)21-20(25)18-9-10-19(23-22-18)24(3)17-7-5-4-6-8-17/h4-13H,1-3H3,(H,21,25). The number of para-hydroxylation sites is 1. The number of nitrogens with zero attached hydrogens (tertiary/aromatic N) is 3. The van der Waals surface area contributed by atoms with Gasteiger partial charge in [0, 0.05) is 18.4 Å². The van der Waals surface area contributed by atoms with Crippen molar-refractivity contribution in [3.8, 4) is 0 Å². The maximum atomic E-state index is 12.4. The van der Waals surface area contributed by atoms with Crippen LogP contribution in [0.3, 0.4) is 0 Å². The smallest absolute Gasteiger partial charge is 0.276 e. The molecule has 0 radical (unpaired) electrons. The first-order chi connectivity index (χ1) is 12.0. The molecular formula is C20H20N4O. The van der Waals surface area contributed by atoms with E-state index < -0.39 is 0 Å². The van der Waals surface area contributed by atoms with Crippen molar-refractivity contribution in [2.24, 2.45) is 0 Å². The summed E-state index contributed by atoms with van der Waals surface area (Å²) in [6, 6.07) is 19.2. The van der Waals surface area contributed by atoms with Crippen LogP contribution in [-0.4, -0.2) is 23.2 Å². The van der Waals surface area contributed by atoms with Crippen LogP contribution in [0.25, 0.3) is 0 Å². The molecule has 1 heterocycles. The van der Waals surface area contributed by atoms with Gasteiger partial charge in [-0.05, 0) is 61.4 Å². The number of carbonyl (C=O) groups excluding carboxylic acids is 1. The van der Waals surface area contributed by atoms with Crippen LogP contribution in [0.4, 0.5) is 17.2 Å². The third-order valence-electron chi connectivity index (χ3n) is 3.85. The van der Waals surface area contributed by atoms with Crippen molar-refractivity contribution in [3.05, 3.63) is 77.5 Å². The van der Waals surface area contributed by atoms with Gasteiger partial charge in [0.15, 0.2) is 11.5 Å². The molecule has 2 aromatic carbocycles. The van der Waals surface area contributed by atoms with Gasteiger partial charge in [-0.25, -0.2) is 0 Å². The van der Waals surface area contributed by atoms with Crippen LogP contribution in [0.1, 0.15) is 21.6 Å². The molecule has 1 aromatic heterocycles. The largest absolute Gasteiger partial charge is 0.328 e. The molecule has 3 aromatic rings. The van der Waals surface area contributed by atoms with Crippen molar-refractivity contribution in [1.29, 1.82) is 0 Å². The van der Waals surface area contributed by atoms with E-state index in [1.54, 1.807) is 12.1 Å². The van der Waals surface area contributed by atoms with Crippen LogP contribution >= 0.6 is 0 Å². The van der Waals surface area contributed by atoms with Gasteiger partial charge in [0.1, 0.15) is 0 Å². The van der Waals surface area contributed by atoms with E-state index in [1.807, 2.05) is 68.3 Å². The number of hydrogen-bond donors (Lipinski definition) is 1. The topological polar surface area (TPSA) is 58.1 Å². The Morgan fingerprint density at radius 3 is 2.20 bits per heavy atom. The van der Waals surface area contributed by atoms with Crippen molar-refractivity contribution < 1.29 is 4.79 Å². The Bertz CT molecular complexity index is 856. The molecule has 0 aliphatic rings. The Kier molecular flexibility index (Phi) is 4.75. The van der Waals surface area contributed by atoms with Crippen LogP contribution in [0.5, 0.6) is 0 Å². The van der Waals surface area contributed by atoms with Crippen LogP contribution in [0.2, 0.25) is 0 Å². The van der Waals surface area contributed by atoms with Gasteiger partial charge in [-0.15, -0.1) is 10.2 Å². The Morgan fingerprint density at radius 2 is 1.60 bits per heavy atom. The number of benzene rings is 2. The van der Waals surface area contributed by atoms with Crippen molar-refractivity contribution in [2.45, 2.75) is 13.8 Å². The third kappa shape index (κ3) is 4.01. The summed E-state index contributed by atoms with van der Waals surface area (Å²) in [4.78, 5) is 14.3. The van der Waals surface area contributed by atoms with E-state index in [9.17, 15) is 4.79 Å². The van der Waals surface area contributed by atoms with Gasteiger partial charge in [0.25, 0.3) is 5.91 Å². The fourth-order valence-electron chi connectivity index (χ4n) is 2.65. The monoisotopic (exact) mass is 332 g/mol. The minimum Gasteiger partial charge on any atom is -0.328 e. The minimum absolute atomic E-state index is 0.272. The van der Waals surface area contributed by atoms with E-state index >= 15 is 0 Å². The maximum absolute atomic E-state index is 12.4. The highest BCUT2D eigenvalue weighted by atomic mass is 16.1. The quantitative estimate of drug-likeness (QED) is 0.781. The highest BCUT2D eigenvalue weighted by molar-refractivity contribution is 6.02. The Labute approximate surface area is 147 Å². The predicted molar refractivity (Wildman–Crippen MR) is 100 cm³/mol. The van der Waals surface area contributed by atoms with Crippen molar-refractivity contribution >= 4 is 23.1 Å². The Hall–Kier alpha value is -3.21. The van der Waals surface area contributed by atoms with E-state index in [-0.39, 0.29) is 11.6 Å². The number of rotatable bonds is 4. The van der Waals surface area contributed by atoms with Gasteiger partial charge >= 0.3 is 0 Å². The number of aryl methyl sites for hydroxylation is 2. The molecule has 0 saturated heterocycles. The molecule has 3 rings (SSSR count). The Morgan fingerprint density at radius 1 is 0.920 bits per heavy atom. The molecule has 0 atom stereocenters. The summed E-state index contributed by atoms with van der Waals surface area (Å²) in [6.07, 6.45) is 0. The fraction of sp³-hybridized carbons (Fsp3) is 0.150. The number of carbonyl (C=O) groups is 1. The third-order valence-corrected chi connectivity index (χ3v) is 3.85. The van der Waals surface area contributed by atoms with Gasteiger partial charge in [-0.3, -0.25) is 4.79 Å². The lowest BCUT2D eigenvalue weighted by atomic mass is 10.1. The molecular weight excluding hydrogens is 312 g/mol.